The molecule has 3 heteroatoms. The zero-order valence-corrected chi connectivity index (χ0v) is 12.7. The number of rotatable bonds is 7. The molecule has 0 aromatic heterocycles. The van der Waals surface area contributed by atoms with Crippen molar-refractivity contribution >= 4 is 5.97 Å². The van der Waals surface area contributed by atoms with Gasteiger partial charge in [0.1, 0.15) is 5.41 Å². The highest BCUT2D eigenvalue weighted by Crippen LogP contribution is 2.32. The number of nitrogens with zero attached hydrogens (tertiary/aromatic N) is 1. The van der Waals surface area contributed by atoms with Crippen LogP contribution < -0.4 is 0 Å². The topological polar surface area (TPSA) is 40.5 Å². The third kappa shape index (κ3) is 3.40. The van der Waals surface area contributed by atoms with Gasteiger partial charge in [-0.15, -0.1) is 0 Å². The summed E-state index contributed by atoms with van der Waals surface area (Å²) in [5.74, 6) is 0.0244. The van der Waals surface area contributed by atoms with Crippen molar-refractivity contribution in [3.05, 3.63) is 35.9 Å². The van der Waals surface area contributed by atoms with Crippen LogP contribution in [-0.2, 0) is 10.2 Å². The minimum absolute atomic E-state index is 0.373. The van der Waals surface area contributed by atoms with Gasteiger partial charge in [-0.1, -0.05) is 30.3 Å². The van der Waals surface area contributed by atoms with Gasteiger partial charge in [-0.2, -0.15) is 0 Å². The Balaban J connectivity index is 2.20. The summed E-state index contributed by atoms with van der Waals surface area (Å²) in [5, 5.41) is 9.74. The Hall–Kier alpha value is -1.35. The van der Waals surface area contributed by atoms with Crippen molar-refractivity contribution < 1.29 is 9.90 Å². The molecule has 0 amide bonds. The Morgan fingerprint density at radius 3 is 2.40 bits per heavy atom. The molecule has 1 aliphatic rings. The maximum atomic E-state index is 11.9. The summed E-state index contributed by atoms with van der Waals surface area (Å²) in [4.78, 5) is 14.2. The van der Waals surface area contributed by atoms with Gasteiger partial charge in [-0.25, -0.2) is 0 Å². The van der Waals surface area contributed by atoms with Crippen LogP contribution in [0.25, 0.3) is 0 Å². The van der Waals surface area contributed by atoms with Crippen molar-refractivity contribution in [2.45, 2.75) is 45.1 Å². The number of carboxylic acids is 1. The van der Waals surface area contributed by atoms with Crippen molar-refractivity contribution in [2.24, 2.45) is 5.92 Å². The second kappa shape index (κ2) is 5.96. The molecule has 1 aromatic carbocycles. The summed E-state index contributed by atoms with van der Waals surface area (Å²) in [6.07, 6.45) is 2.58. The number of benzene rings is 1. The molecule has 1 saturated carbocycles. The first-order valence-corrected chi connectivity index (χ1v) is 7.46. The van der Waals surface area contributed by atoms with Gasteiger partial charge in [-0.3, -0.25) is 9.69 Å². The lowest BCUT2D eigenvalue weighted by atomic mass is 9.81. The Labute approximate surface area is 121 Å². The molecule has 0 heterocycles. The number of aliphatic carboxylic acids is 1. The number of hydrogen-bond donors (Lipinski definition) is 1. The Bertz CT molecular complexity index is 453. The van der Waals surface area contributed by atoms with Crippen molar-refractivity contribution in [3.63, 3.8) is 0 Å². The van der Waals surface area contributed by atoms with Crippen molar-refractivity contribution in [3.8, 4) is 0 Å². The monoisotopic (exact) mass is 275 g/mol. The fourth-order valence-corrected chi connectivity index (χ4v) is 2.58. The van der Waals surface area contributed by atoms with E-state index in [1.807, 2.05) is 37.3 Å². The van der Waals surface area contributed by atoms with Crippen LogP contribution in [0.3, 0.4) is 0 Å². The van der Waals surface area contributed by atoms with Crippen LogP contribution in [0.15, 0.2) is 30.3 Å². The van der Waals surface area contributed by atoms with Gasteiger partial charge in [0.2, 0.25) is 0 Å². The molecular formula is C17H25NO2. The van der Waals surface area contributed by atoms with E-state index in [1.165, 1.54) is 12.8 Å². The van der Waals surface area contributed by atoms with E-state index in [1.54, 1.807) is 0 Å². The van der Waals surface area contributed by atoms with Crippen LogP contribution in [-0.4, -0.2) is 35.1 Å². The molecule has 0 bridgehead atoms. The van der Waals surface area contributed by atoms with E-state index in [0.717, 1.165) is 18.0 Å². The first-order chi connectivity index (χ1) is 9.43. The van der Waals surface area contributed by atoms with Gasteiger partial charge >= 0.3 is 5.97 Å². The summed E-state index contributed by atoms with van der Waals surface area (Å²) >= 11 is 0. The zero-order chi connectivity index (χ0) is 14.8. The highest BCUT2D eigenvalue weighted by molar-refractivity contribution is 5.81. The first kappa shape index (κ1) is 15.0. The Kier molecular flexibility index (Phi) is 4.48. The molecule has 2 rings (SSSR count). The van der Waals surface area contributed by atoms with Gasteiger partial charge in [0.25, 0.3) is 0 Å². The van der Waals surface area contributed by atoms with Gasteiger partial charge in [0.05, 0.1) is 0 Å². The lowest BCUT2D eigenvalue weighted by Gasteiger charge is -2.35. The Morgan fingerprint density at radius 1 is 1.35 bits per heavy atom. The molecule has 0 saturated heterocycles. The van der Waals surface area contributed by atoms with E-state index < -0.39 is 11.4 Å². The lowest BCUT2D eigenvalue weighted by Crippen LogP contribution is -2.47. The SMILES string of the molecule is CC(C)N(CC1CC1)CC(C)(C(=O)O)c1ccccc1. The van der Waals surface area contributed by atoms with E-state index in [-0.39, 0.29) is 0 Å². The summed E-state index contributed by atoms with van der Waals surface area (Å²) < 4.78 is 0. The van der Waals surface area contributed by atoms with Gasteiger partial charge < -0.3 is 5.11 Å². The molecule has 1 aromatic rings. The fraction of sp³-hybridized carbons (Fsp3) is 0.588. The van der Waals surface area contributed by atoms with Gasteiger partial charge in [-0.05, 0) is 45.1 Å². The second-order valence-corrected chi connectivity index (χ2v) is 6.47. The summed E-state index contributed by atoms with van der Waals surface area (Å²) in [5.41, 5.74) is 0.0365. The highest BCUT2D eigenvalue weighted by Gasteiger charge is 2.38. The molecule has 1 N–H and O–H groups in total. The predicted octanol–water partition coefficient (Wildman–Crippen LogP) is 3.15. The van der Waals surface area contributed by atoms with E-state index in [0.29, 0.717) is 12.6 Å². The summed E-state index contributed by atoms with van der Waals surface area (Å²) in [6.45, 7) is 7.73. The Morgan fingerprint density at radius 2 is 1.95 bits per heavy atom. The third-order valence-corrected chi connectivity index (χ3v) is 4.32. The molecule has 0 spiro atoms. The fourth-order valence-electron chi connectivity index (χ4n) is 2.58. The zero-order valence-electron chi connectivity index (χ0n) is 12.7. The minimum Gasteiger partial charge on any atom is -0.481 e. The summed E-state index contributed by atoms with van der Waals surface area (Å²) in [6, 6.07) is 9.97. The van der Waals surface area contributed by atoms with Gasteiger partial charge in [0.15, 0.2) is 0 Å². The largest absolute Gasteiger partial charge is 0.481 e. The molecule has 1 fully saturated rings. The number of carboxylic acid groups (broad SMARTS) is 1. The molecule has 20 heavy (non-hydrogen) atoms. The maximum absolute atomic E-state index is 11.9. The molecule has 0 aliphatic heterocycles. The van der Waals surface area contributed by atoms with Gasteiger partial charge in [0, 0.05) is 19.1 Å². The third-order valence-electron chi connectivity index (χ3n) is 4.32. The highest BCUT2D eigenvalue weighted by atomic mass is 16.4. The lowest BCUT2D eigenvalue weighted by molar-refractivity contribution is -0.144. The normalized spacial score (nSPS) is 18.2. The quantitative estimate of drug-likeness (QED) is 0.831. The van der Waals surface area contributed by atoms with Crippen molar-refractivity contribution in [1.82, 2.24) is 4.90 Å². The summed E-state index contributed by atoms with van der Waals surface area (Å²) in [7, 11) is 0. The standard InChI is InChI=1S/C17H25NO2/c1-13(2)18(11-14-9-10-14)12-17(3,16(19)20)15-7-5-4-6-8-15/h4-8,13-14H,9-12H2,1-3H3,(H,19,20). The van der Waals surface area contributed by atoms with Crippen LogP contribution in [0.1, 0.15) is 39.2 Å². The van der Waals surface area contributed by atoms with Crippen LogP contribution in [0.4, 0.5) is 0 Å². The van der Waals surface area contributed by atoms with E-state index in [2.05, 4.69) is 18.7 Å². The average molecular weight is 275 g/mol. The molecule has 110 valence electrons. The molecule has 1 unspecified atom stereocenters. The van der Waals surface area contributed by atoms with Crippen LogP contribution >= 0.6 is 0 Å². The minimum atomic E-state index is -0.847. The molecule has 3 nitrogen and oxygen atoms in total. The predicted molar refractivity (Wildman–Crippen MR) is 80.9 cm³/mol. The van der Waals surface area contributed by atoms with E-state index in [9.17, 15) is 9.90 Å². The smallest absolute Gasteiger partial charge is 0.315 e. The van der Waals surface area contributed by atoms with E-state index in [4.69, 9.17) is 0 Å². The van der Waals surface area contributed by atoms with E-state index >= 15 is 0 Å². The first-order valence-electron chi connectivity index (χ1n) is 7.46. The second-order valence-electron chi connectivity index (χ2n) is 6.47. The molecule has 1 atom stereocenters. The van der Waals surface area contributed by atoms with Crippen molar-refractivity contribution in [2.75, 3.05) is 13.1 Å². The van der Waals surface area contributed by atoms with Crippen molar-refractivity contribution in [1.29, 1.82) is 0 Å². The number of carbonyl (C=O) groups is 1. The average Bonchev–Trinajstić information content (AvgIpc) is 3.22. The number of hydrogen-bond acceptors (Lipinski definition) is 2. The van der Waals surface area contributed by atoms with Crippen LogP contribution in [0.5, 0.6) is 0 Å². The van der Waals surface area contributed by atoms with Crippen LogP contribution in [0.2, 0.25) is 0 Å². The molecule has 1 aliphatic carbocycles. The van der Waals surface area contributed by atoms with Crippen LogP contribution in [0, 0.1) is 5.92 Å². The maximum Gasteiger partial charge on any atom is 0.315 e. The molecule has 0 radical (unpaired) electrons. The molecular weight excluding hydrogens is 250 g/mol.